The largest absolute Gasteiger partial charge is 0.491 e. The molecule has 0 saturated carbocycles. The smallest absolute Gasteiger partial charge is 0.335 e. The van der Waals surface area contributed by atoms with Crippen LogP contribution in [0.5, 0.6) is 5.75 Å². The van der Waals surface area contributed by atoms with E-state index in [0.717, 1.165) is 17.0 Å². The van der Waals surface area contributed by atoms with E-state index in [2.05, 4.69) is 5.32 Å². The molecular formula is C17H19NO3. The van der Waals surface area contributed by atoms with E-state index in [1.54, 1.807) is 18.2 Å². The Balaban J connectivity index is 1.96. The summed E-state index contributed by atoms with van der Waals surface area (Å²) in [6.45, 7) is 4.55. The Morgan fingerprint density at radius 3 is 2.52 bits per heavy atom. The molecule has 0 radical (unpaired) electrons. The molecule has 2 N–H and O–H groups in total. The predicted molar refractivity (Wildman–Crippen MR) is 82.9 cm³/mol. The van der Waals surface area contributed by atoms with E-state index in [-0.39, 0.29) is 6.10 Å². The number of hydrogen-bond donors (Lipinski definition) is 2. The fourth-order valence-electron chi connectivity index (χ4n) is 1.94. The molecule has 21 heavy (non-hydrogen) atoms. The van der Waals surface area contributed by atoms with Crippen LogP contribution in [-0.2, 0) is 6.54 Å². The molecule has 2 aromatic carbocycles. The normalized spacial score (nSPS) is 10.4. The van der Waals surface area contributed by atoms with Crippen LogP contribution in [0.2, 0.25) is 0 Å². The summed E-state index contributed by atoms with van der Waals surface area (Å²) in [6, 6.07) is 14.6. The van der Waals surface area contributed by atoms with Gasteiger partial charge in [-0.3, -0.25) is 0 Å². The lowest BCUT2D eigenvalue weighted by molar-refractivity contribution is 0.0696. The van der Waals surface area contributed by atoms with Gasteiger partial charge in [0.25, 0.3) is 0 Å². The van der Waals surface area contributed by atoms with Crippen molar-refractivity contribution in [1.82, 2.24) is 0 Å². The highest BCUT2D eigenvalue weighted by molar-refractivity contribution is 5.87. The maximum absolute atomic E-state index is 10.9. The summed E-state index contributed by atoms with van der Waals surface area (Å²) in [5, 5.41) is 12.2. The molecule has 0 amide bonds. The average molecular weight is 285 g/mol. The second-order valence-corrected chi connectivity index (χ2v) is 5.05. The molecule has 2 rings (SSSR count). The van der Waals surface area contributed by atoms with Crippen LogP contribution in [0.3, 0.4) is 0 Å². The van der Waals surface area contributed by atoms with Gasteiger partial charge in [0.15, 0.2) is 0 Å². The molecule has 4 nitrogen and oxygen atoms in total. The third-order valence-corrected chi connectivity index (χ3v) is 2.90. The van der Waals surface area contributed by atoms with Crippen molar-refractivity contribution < 1.29 is 14.6 Å². The second-order valence-electron chi connectivity index (χ2n) is 5.05. The Hall–Kier alpha value is -2.49. The Bertz CT molecular complexity index is 606. The Labute approximate surface area is 124 Å². The topological polar surface area (TPSA) is 58.6 Å². The van der Waals surface area contributed by atoms with Crippen molar-refractivity contribution in [1.29, 1.82) is 0 Å². The zero-order valence-electron chi connectivity index (χ0n) is 12.2. The number of carboxylic acids is 1. The number of benzene rings is 2. The van der Waals surface area contributed by atoms with Crippen LogP contribution in [0.25, 0.3) is 0 Å². The number of aromatic carboxylic acids is 1. The molecule has 0 aliphatic heterocycles. The Morgan fingerprint density at radius 1 is 1.19 bits per heavy atom. The van der Waals surface area contributed by atoms with Crippen molar-refractivity contribution in [2.24, 2.45) is 0 Å². The molecule has 0 aliphatic carbocycles. The molecule has 0 unspecified atom stereocenters. The number of nitrogens with one attached hydrogen (secondary N) is 1. The van der Waals surface area contributed by atoms with E-state index in [1.807, 2.05) is 44.2 Å². The van der Waals surface area contributed by atoms with Crippen molar-refractivity contribution >= 4 is 11.7 Å². The van der Waals surface area contributed by atoms with Gasteiger partial charge in [-0.25, -0.2) is 4.79 Å². The molecule has 0 heterocycles. The van der Waals surface area contributed by atoms with Crippen LogP contribution in [0, 0.1) is 0 Å². The molecule has 4 heteroatoms. The first-order valence-electron chi connectivity index (χ1n) is 6.87. The minimum absolute atomic E-state index is 0.155. The van der Waals surface area contributed by atoms with Crippen molar-refractivity contribution in [2.45, 2.75) is 26.5 Å². The molecule has 110 valence electrons. The van der Waals surface area contributed by atoms with E-state index >= 15 is 0 Å². The van der Waals surface area contributed by atoms with Gasteiger partial charge >= 0.3 is 5.97 Å². The van der Waals surface area contributed by atoms with E-state index in [0.29, 0.717) is 12.1 Å². The van der Waals surface area contributed by atoms with Gasteiger partial charge in [0, 0.05) is 12.2 Å². The third kappa shape index (κ3) is 4.53. The zero-order valence-corrected chi connectivity index (χ0v) is 12.2. The lowest BCUT2D eigenvalue weighted by Gasteiger charge is -2.11. The minimum Gasteiger partial charge on any atom is -0.491 e. The molecule has 0 aliphatic rings. The third-order valence-electron chi connectivity index (χ3n) is 2.90. The van der Waals surface area contributed by atoms with E-state index in [4.69, 9.17) is 9.84 Å². The summed E-state index contributed by atoms with van der Waals surface area (Å²) in [5.74, 6) is -0.0736. The van der Waals surface area contributed by atoms with Gasteiger partial charge in [-0.1, -0.05) is 12.1 Å². The van der Waals surface area contributed by atoms with Crippen molar-refractivity contribution in [2.75, 3.05) is 5.32 Å². The van der Waals surface area contributed by atoms with Crippen LogP contribution in [0.4, 0.5) is 5.69 Å². The first-order chi connectivity index (χ1) is 10.0. The van der Waals surface area contributed by atoms with Crippen molar-refractivity contribution in [3.05, 3.63) is 59.7 Å². The fraction of sp³-hybridized carbons (Fsp3) is 0.235. The minimum atomic E-state index is -0.910. The molecule has 0 bridgehead atoms. The van der Waals surface area contributed by atoms with Crippen LogP contribution < -0.4 is 10.1 Å². The number of hydrogen-bond acceptors (Lipinski definition) is 3. The van der Waals surface area contributed by atoms with Gasteiger partial charge in [-0.2, -0.15) is 0 Å². The number of anilines is 1. The SMILES string of the molecule is CC(C)Oc1ccc(NCc2cccc(C(=O)O)c2)cc1. The molecule has 0 fully saturated rings. The van der Waals surface area contributed by atoms with E-state index in [9.17, 15) is 4.79 Å². The van der Waals surface area contributed by atoms with Gasteiger partial charge < -0.3 is 15.2 Å². The van der Waals surface area contributed by atoms with Crippen LogP contribution >= 0.6 is 0 Å². The number of carbonyl (C=O) groups is 1. The lowest BCUT2D eigenvalue weighted by Crippen LogP contribution is -2.05. The molecule has 0 aromatic heterocycles. The van der Waals surface area contributed by atoms with E-state index < -0.39 is 5.97 Å². The summed E-state index contributed by atoms with van der Waals surface area (Å²) in [4.78, 5) is 10.9. The molecule has 0 atom stereocenters. The highest BCUT2D eigenvalue weighted by Gasteiger charge is 2.03. The molecular weight excluding hydrogens is 266 g/mol. The number of ether oxygens (including phenoxy) is 1. The molecule has 2 aromatic rings. The summed E-state index contributed by atoms with van der Waals surface area (Å²) in [7, 11) is 0. The maximum atomic E-state index is 10.9. The number of rotatable bonds is 6. The van der Waals surface area contributed by atoms with Crippen LogP contribution in [0.1, 0.15) is 29.8 Å². The Kier molecular flexibility index (Phi) is 4.82. The summed E-state index contributed by atoms with van der Waals surface area (Å²) in [6.07, 6.45) is 0.155. The quantitative estimate of drug-likeness (QED) is 0.848. The van der Waals surface area contributed by atoms with Crippen LogP contribution in [-0.4, -0.2) is 17.2 Å². The van der Waals surface area contributed by atoms with Crippen molar-refractivity contribution in [3.8, 4) is 5.75 Å². The zero-order chi connectivity index (χ0) is 15.2. The first kappa shape index (κ1) is 14.9. The van der Waals surface area contributed by atoms with Gasteiger partial charge in [-0.05, 0) is 55.8 Å². The summed E-state index contributed by atoms with van der Waals surface area (Å²) in [5.41, 5.74) is 2.19. The summed E-state index contributed by atoms with van der Waals surface area (Å²) >= 11 is 0. The van der Waals surface area contributed by atoms with Gasteiger partial charge in [0.05, 0.1) is 11.7 Å². The van der Waals surface area contributed by atoms with Crippen molar-refractivity contribution in [3.63, 3.8) is 0 Å². The Morgan fingerprint density at radius 2 is 1.90 bits per heavy atom. The summed E-state index contributed by atoms with van der Waals surface area (Å²) < 4.78 is 5.58. The molecule has 0 spiro atoms. The van der Waals surface area contributed by atoms with E-state index in [1.165, 1.54) is 0 Å². The average Bonchev–Trinajstić information content (AvgIpc) is 2.46. The van der Waals surface area contributed by atoms with Crippen LogP contribution in [0.15, 0.2) is 48.5 Å². The van der Waals surface area contributed by atoms with Gasteiger partial charge in [0.2, 0.25) is 0 Å². The monoisotopic (exact) mass is 285 g/mol. The van der Waals surface area contributed by atoms with Gasteiger partial charge in [0.1, 0.15) is 5.75 Å². The second kappa shape index (κ2) is 6.79. The maximum Gasteiger partial charge on any atom is 0.335 e. The van der Waals surface area contributed by atoms with Gasteiger partial charge in [-0.15, -0.1) is 0 Å². The highest BCUT2D eigenvalue weighted by Crippen LogP contribution is 2.17. The number of carboxylic acid groups (broad SMARTS) is 1. The standard InChI is InChI=1S/C17H19NO3/c1-12(2)21-16-8-6-15(7-9-16)18-11-13-4-3-5-14(10-13)17(19)20/h3-10,12,18H,11H2,1-2H3,(H,19,20). The fourth-order valence-corrected chi connectivity index (χ4v) is 1.94. The molecule has 0 saturated heterocycles. The first-order valence-corrected chi connectivity index (χ1v) is 6.87. The lowest BCUT2D eigenvalue weighted by atomic mass is 10.1. The highest BCUT2D eigenvalue weighted by atomic mass is 16.5. The predicted octanol–water partition coefficient (Wildman–Crippen LogP) is 3.78.